The smallest absolute Gasteiger partial charge is 0.340 e. The van der Waals surface area contributed by atoms with E-state index in [1.54, 1.807) is 6.92 Å². The van der Waals surface area contributed by atoms with Crippen molar-refractivity contribution in [3.63, 3.8) is 0 Å². The number of hydrogen-bond acceptors (Lipinski definition) is 4. The van der Waals surface area contributed by atoms with Crippen molar-refractivity contribution in [3.05, 3.63) is 38.0 Å². The van der Waals surface area contributed by atoms with Crippen LogP contribution in [0.25, 0.3) is 16.5 Å². The molecular weight excluding hydrogens is 226 g/mol. The number of hydrogen-bond donors (Lipinski definition) is 0. The average molecular weight is 237 g/mol. The molecule has 0 aliphatic rings. The molecule has 1 aromatic rings. The maximum Gasteiger partial charge on any atom is 0.340 e. The number of esters is 1. The summed E-state index contributed by atoms with van der Waals surface area (Å²) in [5, 5.41) is 5.24. The Labute approximate surface area is 97.0 Å². The van der Waals surface area contributed by atoms with Crippen LogP contribution in [0.3, 0.4) is 0 Å². The second kappa shape index (κ2) is 5.95. The second-order valence-electron chi connectivity index (χ2n) is 2.91. The van der Waals surface area contributed by atoms with Gasteiger partial charge in [0.2, 0.25) is 0 Å². The summed E-state index contributed by atoms with van der Waals surface area (Å²) >= 11 is 1.47. The standard InChI is InChI=1S/C10H11N3O2S/c1-3-15-10(14)8(12-13-11)6-9-7(2)4-5-16-9/h4-6H,3H2,1-2H3/b8-6-. The van der Waals surface area contributed by atoms with E-state index in [-0.39, 0.29) is 12.3 Å². The van der Waals surface area contributed by atoms with Crippen molar-refractivity contribution < 1.29 is 9.53 Å². The molecule has 0 aromatic carbocycles. The van der Waals surface area contributed by atoms with Crippen molar-refractivity contribution >= 4 is 23.4 Å². The third kappa shape index (κ3) is 3.12. The molecule has 0 amide bonds. The fourth-order valence-electron chi connectivity index (χ4n) is 1.04. The Morgan fingerprint density at radius 1 is 1.75 bits per heavy atom. The van der Waals surface area contributed by atoms with Crippen LogP contribution in [0.5, 0.6) is 0 Å². The first kappa shape index (κ1) is 12.3. The summed E-state index contributed by atoms with van der Waals surface area (Å²) in [7, 11) is 0. The summed E-state index contributed by atoms with van der Waals surface area (Å²) in [4.78, 5) is 14.9. The van der Waals surface area contributed by atoms with Gasteiger partial charge in [-0.2, -0.15) is 0 Å². The topological polar surface area (TPSA) is 75.1 Å². The van der Waals surface area contributed by atoms with Crippen molar-refractivity contribution in [1.82, 2.24) is 0 Å². The van der Waals surface area contributed by atoms with E-state index in [9.17, 15) is 4.79 Å². The van der Waals surface area contributed by atoms with E-state index in [1.807, 2.05) is 18.4 Å². The Morgan fingerprint density at radius 2 is 2.50 bits per heavy atom. The van der Waals surface area contributed by atoms with E-state index in [2.05, 4.69) is 10.0 Å². The molecule has 1 aromatic heterocycles. The Hall–Kier alpha value is -1.78. The molecule has 0 unspecified atom stereocenters. The predicted molar refractivity (Wildman–Crippen MR) is 62.8 cm³/mol. The molecule has 0 spiro atoms. The number of rotatable bonds is 4. The first-order valence-electron chi connectivity index (χ1n) is 4.67. The van der Waals surface area contributed by atoms with Gasteiger partial charge < -0.3 is 4.74 Å². The lowest BCUT2D eigenvalue weighted by Gasteiger charge is -2.00. The second-order valence-corrected chi connectivity index (χ2v) is 3.86. The molecule has 0 bridgehead atoms. The summed E-state index contributed by atoms with van der Waals surface area (Å²) in [6.45, 7) is 3.86. The maximum absolute atomic E-state index is 11.4. The van der Waals surface area contributed by atoms with Crippen molar-refractivity contribution in [2.24, 2.45) is 5.11 Å². The van der Waals surface area contributed by atoms with Gasteiger partial charge in [0.05, 0.1) is 6.61 Å². The fraction of sp³-hybridized carbons (Fsp3) is 0.300. The summed E-state index contributed by atoms with van der Waals surface area (Å²) in [6, 6.07) is 1.93. The predicted octanol–water partition coefficient (Wildman–Crippen LogP) is 3.27. The van der Waals surface area contributed by atoms with Gasteiger partial charge in [-0.15, -0.1) is 11.3 Å². The zero-order valence-corrected chi connectivity index (χ0v) is 9.82. The lowest BCUT2D eigenvalue weighted by Crippen LogP contribution is -2.05. The highest BCUT2D eigenvalue weighted by Crippen LogP contribution is 2.20. The van der Waals surface area contributed by atoms with Crippen LogP contribution in [-0.4, -0.2) is 12.6 Å². The van der Waals surface area contributed by atoms with E-state index < -0.39 is 5.97 Å². The quantitative estimate of drug-likeness (QED) is 0.265. The summed E-state index contributed by atoms with van der Waals surface area (Å²) in [6.07, 6.45) is 1.54. The van der Waals surface area contributed by atoms with Crippen LogP contribution >= 0.6 is 11.3 Å². The highest BCUT2D eigenvalue weighted by molar-refractivity contribution is 7.11. The maximum atomic E-state index is 11.4. The van der Waals surface area contributed by atoms with Crippen LogP contribution in [0.4, 0.5) is 0 Å². The SMILES string of the molecule is CCOC(=O)/C(=C/c1sccc1C)N=[N+]=[N-]. The molecule has 0 N–H and O–H groups in total. The van der Waals surface area contributed by atoms with Crippen LogP contribution in [0, 0.1) is 6.92 Å². The molecular formula is C10H11N3O2S. The number of aryl methyl sites for hydroxylation is 1. The first-order valence-corrected chi connectivity index (χ1v) is 5.55. The van der Waals surface area contributed by atoms with Crippen LogP contribution in [0.2, 0.25) is 0 Å². The number of carbonyl (C=O) groups excluding carboxylic acids is 1. The van der Waals surface area contributed by atoms with Crippen molar-refractivity contribution in [2.75, 3.05) is 6.61 Å². The molecule has 0 fully saturated rings. The first-order chi connectivity index (χ1) is 7.69. The Balaban J connectivity index is 3.02. The van der Waals surface area contributed by atoms with Gasteiger partial charge in [0.25, 0.3) is 0 Å². The zero-order chi connectivity index (χ0) is 12.0. The lowest BCUT2D eigenvalue weighted by molar-refractivity contribution is -0.138. The molecule has 5 nitrogen and oxygen atoms in total. The molecule has 0 aliphatic carbocycles. The molecule has 6 heteroatoms. The van der Waals surface area contributed by atoms with Gasteiger partial charge in [-0.05, 0) is 42.5 Å². The van der Waals surface area contributed by atoms with Crippen LogP contribution in [0.15, 0.2) is 22.3 Å². The number of carbonyl (C=O) groups is 1. The van der Waals surface area contributed by atoms with Gasteiger partial charge in [0.1, 0.15) is 5.70 Å². The zero-order valence-electron chi connectivity index (χ0n) is 9.01. The molecule has 0 saturated carbocycles. The van der Waals surface area contributed by atoms with Crippen LogP contribution < -0.4 is 0 Å². The van der Waals surface area contributed by atoms with E-state index in [0.717, 1.165) is 10.4 Å². The molecule has 0 saturated heterocycles. The monoisotopic (exact) mass is 237 g/mol. The molecule has 16 heavy (non-hydrogen) atoms. The van der Waals surface area contributed by atoms with E-state index in [1.165, 1.54) is 17.4 Å². The van der Waals surface area contributed by atoms with Gasteiger partial charge in [0.15, 0.2) is 0 Å². The highest BCUT2D eigenvalue weighted by Gasteiger charge is 2.09. The number of ether oxygens (including phenoxy) is 1. The summed E-state index contributed by atoms with van der Waals surface area (Å²) in [5.74, 6) is -0.604. The number of nitrogens with zero attached hydrogens (tertiary/aromatic N) is 3. The van der Waals surface area contributed by atoms with Gasteiger partial charge in [-0.25, -0.2) is 4.79 Å². The number of azide groups is 1. The fourth-order valence-corrected chi connectivity index (χ4v) is 1.89. The third-order valence-electron chi connectivity index (χ3n) is 1.81. The Kier molecular flexibility index (Phi) is 4.57. The lowest BCUT2D eigenvalue weighted by atomic mass is 10.2. The summed E-state index contributed by atoms with van der Waals surface area (Å²) in [5.41, 5.74) is 9.37. The molecule has 1 heterocycles. The minimum atomic E-state index is -0.604. The Morgan fingerprint density at radius 3 is 3.00 bits per heavy atom. The normalized spacial score (nSPS) is 10.8. The van der Waals surface area contributed by atoms with E-state index in [4.69, 9.17) is 10.3 Å². The minimum absolute atomic E-state index is 0.0186. The van der Waals surface area contributed by atoms with Crippen molar-refractivity contribution in [1.29, 1.82) is 0 Å². The highest BCUT2D eigenvalue weighted by atomic mass is 32.1. The molecule has 0 radical (unpaired) electrons. The van der Waals surface area contributed by atoms with E-state index in [0.29, 0.717) is 0 Å². The van der Waals surface area contributed by atoms with Crippen LogP contribution in [-0.2, 0) is 9.53 Å². The van der Waals surface area contributed by atoms with Crippen molar-refractivity contribution in [3.8, 4) is 0 Å². The average Bonchev–Trinajstić information content (AvgIpc) is 2.64. The van der Waals surface area contributed by atoms with Gasteiger partial charge in [-0.1, -0.05) is 5.11 Å². The largest absolute Gasteiger partial charge is 0.462 e. The number of thiophene rings is 1. The van der Waals surface area contributed by atoms with Crippen molar-refractivity contribution in [2.45, 2.75) is 13.8 Å². The van der Waals surface area contributed by atoms with Gasteiger partial charge >= 0.3 is 5.97 Å². The summed E-state index contributed by atoms with van der Waals surface area (Å²) < 4.78 is 4.78. The molecule has 84 valence electrons. The Bertz CT molecular complexity index is 458. The minimum Gasteiger partial charge on any atom is -0.462 e. The van der Waals surface area contributed by atoms with Gasteiger partial charge in [-0.3, -0.25) is 0 Å². The van der Waals surface area contributed by atoms with Crippen LogP contribution in [0.1, 0.15) is 17.4 Å². The molecule has 1 rings (SSSR count). The third-order valence-corrected chi connectivity index (χ3v) is 2.77. The van der Waals surface area contributed by atoms with E-state index >= 15 is 0 Å². The van der Waals surface area contributed by atoms with Gasteiger partial charge in [0, 0.05) is 9.79 Å². The molecule has 0 aliphatic heterocycles. The molecule has 0 atom stereocenters.